The first kappa shape index (κ1) is 18.0. The summed E-state index contributed by atoms with van der Waals surface area (Å²) in [6.07, 6.45) is 0. The van der Waals surface area contributed by atoms with E-state index in [9.17, 15) is 4.79 Å². The number of rotatable bonds is 6. The maximum atomic E-state index is 12.6. The number of benzene rings is 3. The second-order valence-corrected chi connectivity index (χ2v) is 6.37. The van der Waals surface area contributed by atoms with Gasteiger partial charge in [-0.3, -0.25) is 10.1 Å². The number of fused-ring (bicyclic) bond motifs is 1. The van der Waals surface area contributed by atoms with Gasteiger partial charge in [0.2, 0.25) is 5.91 Å². The average molecular weight is 348 g/mol. The van der Waals surface area contributed by atoms with Gasteiger partial charge in [-0.05, 0) is 42.3 Å². The van der Waals surface area contributed by atoms with Crippen LogP contribution in [0.1, 0.15) is 25.5 Å². The van der Waals surface area contributed by atoms with Crippen LogP contribution in [0.2, 0.25) is 0 Å². The third-order valence-corrected chi connectivity index (χ3v) is 4.55. The lowest BCUT2D eigenvalue weighted by molar-refractivity contribution is -0.117. The van der Waals surface area contributed by atoms with E-state index in [-0.39, 0.29) is 18.0 Å². The fraction of sp³-hybridized carbons (Fsp3) is 0.227. The van der Waals surface area contributed by atoms with Gasteiger partial charge >= 0.3 is 0 Å². The van der Waals surface area contributed by atoms with Crippen molar-refractivity contribution < 1.29 is 9.53 Å². The Morgan fingerprint density at radius 2 is 1.62 bits per heavy atom. The van der Waals surface area contributed by atoms with E-state index < -0.39 is 0 Å². The van der Waals surface area contributed by atoms with Crippen LogP contribution < -0.4 is 15.4 Å². The molecule has 0 aromatic heterocycles. The Bertz CT molecular complexity index is 902. The standard InChI is InChI=1S/C22H24N2O2/c1-15(18-12-8-10-17-9-4-5-11-19(17)18)23-16(2)22(25)24-20-13-6-7-14-21(20)26-3/h4-16,23H,1-3H3,(H,24,25)/t15-,16+/m1/s1. The van der Waals surface area contributed by atoms with E-state index in [1.807, 2.05) is 43.3 Å². The van der Waals surface area contributed by atoms with E-state index in [0.717, 1.165) is 0 Å². The van der Waals surface area contributed by atoms with Crippen molar-refractivity contribution in [1.82, 2.24) is 5.32 Å². The molecule has 0 saturated carbocycles. The zero-order valence-corrected chi connectivity index (χ0v) is 15.3. The van der Waals surface area contributed by atoms with Crippen LogP contribution in [-0.2, 0) is 4.79 Å². The number of hydrogen-bond acceptors (Lipinski definition) is 3. The van der Waals surface area contributed by atoms with Crippen molar-refractivity contribution in [2.24, 2.45) is 0 Å². The topological polar surface area (TPSA) is 50.4 Å². The second-order valence-electron chi connectivity index (χ2n) is 6.37. The minimum absolute atomic E-state index is 0.0412. The van der Waals surface area contributed by atoms with E-state index in [1.54, 1.807) is 7.11 Å². The van der Waals surface area contributed by atoms with Crippen LogP contribution in [0.3, 0.4) is 0 Å². The minimum atomic E-state index is -0.353. The molecule has 3 aromatic carbocycles. The molecule has 0 heterocycles. The SMILES string of the molecule is COc1ccccc1NC(=O)[C@H](C)N[C@H](C)c1cccc2ccccc12. The summed E-state index contributed by atoms with van der Waals surface area (Å²) in [6.45, 7) is 3.95. The summed E-state index contributed by atoms with van der Waals surface area (Å²) < 4.78 is 5.29. The summed E-state index contributed by atoms with van der Waals surface area (Å²) in [5.41, 5.74) is 1.85. The van der Waals surface area contributed by atoms with Gasteiger partial charge < -0.3 is 10.1 Å². The van der Waals surface area contributed by atoms with Crippen LogP contribution in [0.4, 0.5) is 5.69 Å². The molecule has 26 heavy (non-hydrogen) atoms. The highest BCUT2D eigenvalue weighted by Crippen LogP contribution is 2.25. The zero-order valence-electron chi connectivity index (χ0n) is 15.3. The van der Waals surface area contributed by atoms with E-state index >= 15 is 0 Å². The van der Waals surface area contributed by atoms with Gasteiger partial charge in [-0.25, -0.2) is 0 Å². The maximum absolute atomic E-state index is 12.6. The highest BCUT2D eigenvalue weighted by molar-refractivity contribution is 5.96. The quantitative estimate of drug-likeness (QED) is 0.688. The Balaban J connectivity index is 1.72. The third-order valence-electron chi connectivity index (χ3n) is 4.55. The van der Waals surface area contributed by atoms with E-state index in [4.69, 9.17) is 4.74 Å². The van der Waals surface area contributed by atoms with Crippen LogP contribution >= 0.6 is 0 Å². The van der Waals surface area contributed by atoms with Gasteiger partial charge in [0.25, 0.3) is 0 Å². The van der Waals surface area contributed by atoms with Gasteiger partial charge in [-0.2, -0.15) is 0 Å². The van der Waals surface area contributed by atoms with Crippen LogP contribution in [0, 0.1) is 0 Å². The summed E-state index contributed by atoms with van der Waals surface area (Å²) in [5.74, 6) is 0.553. The molecule has 0 aliphatic rings. The van der Waals surface area contributed by atoms with Crippen molar-refractivity contribution in [3.63, 3.8) is 0 Å². The number of hydrogen-bond donors (Lipinski definition) is 2. The van der Waals surface area contributed by atoms with Crippen molar-refractivity contribution in [3.8, 4) is 5.75 Å². The molecule has 2 N–H and O–H groups in total. The lowest BCUT2D eigenvalue weighted by Gasteiger charge is -2.21. The Hall–Kier alpha value is -2.85. The molecule has 4 nitrogen and oxygen atoms in total. The first-order chi connectivity index (χ1) is 12.6. The molecule has 1 amide bonds. The number of anilines is 1. The monoisotopic (exact) mass is 348 g/mol. The first-order valence-electron chi connectivity index (χ1n) is 8.77. The molecule has 0 spiro atoms. The highest BCUT2D eigenvalue weighted by atomic mass is 16.5. The predicted octanol–water partition coefficient (Wildman–Crippen LogP) is 4.53. The van der Waals surface area contributed by atoms with Crippen LogP contribution in [0.25, 0.3) is 10.8 Å². The van der Waals surface area contributed by atoms with Crippen molar-refractivity contribution in [3.05, 3.63) is 72.3 Å². The maximum Gasteiger partial charge on any atom is 0.241 e. The molecule has 0 saturated heterocycles. The van der Waals surface area contributed by atoms with Crippen molar-refractivity contribution in [1.29, 1.82) is 0 Å². The van der Waals surface area contributed by atoms with Gasteiger partial charge in [0.1, 0.15) is 5.75 Å². The van der Waals surface area contributed by atoms with Gasteiger partial charge in [0, 0.05) is 6.04 Å². The molecule has 0 aliphatic heterocycles. The summed E-state index contributed by atoms with van der Waals surface area (Å²) in [4.78, 5) is 12.6. The molecule has 4 heteroatoms. The minimum Gasteiger partial charge on any atom is -0.495 e. The number of amides is 1. The van der Waals surface area contributed by atoms with Crippen molar-refractivity contribution >= 4 is 22.4 Å². The zero-order chi connectivity index (χ0) is 18.5. The summed E-state index contributed by atoms with van der Waals surface area (Å²) in [5, 5.41) is 8.72. The lowest BCUT2D eigenvalue weighted by atomic mass is 9.99. The Morgan fingerprint density at radius 1 is 0.923 bits per heavy atom. The third kappa shape index (κ3) is 3.86. The van der Waals surface area contributed by atoms with Crippen LogP contribution in [0.15, 0.2) is 66.7 Å². The molecule has 0 unspecified atom stereocenters. The Labute approximate surface area is 154 Å². The molecule has 3 rings (SSSR count). The number of carbonyl (C=O) groups is 1. The van der Waals surface area contributed by atoms with Gasteiger partial charge in [-0.1, -0.05) is 54.6 Å². The molecule has 134 valence electrons. The summed E-state index contributed by atoms with van der Waals surface area (Å²) in [6, 6.07) is 21.6. The van der Waals surface area contributed by atoms with Gasteiger partial charge in [-0.15, -0.1) is 0 Å². The van der Waals surface area contributed by atoms with Gasteiger partial charge in [0.05, 0.1) is 18.8 Å². The van der Waals surface area contributed by atoms with E-state index in [2.05, 4.69) is 47.9 Å². The van der Waals surface area contributed by atoms with Crippen molar-refractivity contribution in [2.75, 3.05) is 12.4 Å². The summed E-state index contributed by atoms with van der Waals surface area (Å²) >= 11 is 0. The Morgan fingerprint density at radius 3 is 2.42 bits per heavy atom. The molecule has 0 aliphatic carbocycles. The number of methoxy groups -OCH3 is 1. The second kappa shape index (κ2) is 8.02. The number of para-hydroxylation sites is 2. The van der Waals surface area contributed by atoms with E-state index in [1.165, 1.54) is 16.3 Å². The molecule has 0 bridgehead atoms. The molecule has 2 atom stereocenters. The van der Waals surface area contributed by atoms with Crippen molar-refractivity contribution in [2.45, 2.75) is 25.9 Å². The smallest absolute Gasteiger partial charge is 0.241 e. The molecular weight excluding hydrogens is 324 g/mol. The lowest BCUT2D eigenvalue weighted by Crippen LogP contribution is -2.39. The van der Waals surface area contributed by atoms with Crippen LogP contribution in [0.5, 0.6) is 5.75 Å². The molecular formula is C22H24N2O2. The molecule has 0 fully saturated rings. The molecule has 3 aromatic rings. The largest absolute Gasteiger partial charge is 0.495 e. The van der Waals surface area contributed by atoms with E-state index in [0.29, 0.717) is 11.4 Å². The fourth-order valence-corrected chi connectivity index (χ4v) is 3.16. The van der Waals surface area contributed by atoms with Crippen LogP contribution in [-0.4, -0.2) is 19.1 Å². The fourth-order valence-electron chi connectivity index (χ4n) is 3.16. The molecule has 0 radical (unpaired) electrons. The number of nitrogens with one attached hydrogen (secondary N) is 2. The normalized spacial score (nSPS) is 13.2. The summed E-state index contributed by atoms with van der Waals surface area (Å²) in [7, 11) is 1.59. The number of ether oxygens (including phenoxy) is 1. The Kier molecular flexibility index (Phi) is 5.54. The number of carbonyl (C=O) groups excluding carboxylic acids is 1. The highest BCUT2D eigenvalue weighted by Gasteiger charge is 2.18. The first-order valence-corrected chi connectivity index (χ1v) is 8.77. The predicted molar refractivity (Wildman–Crippen MR) is 107 cm³/mol. The average Bonchev–Trinajstić information content (AvgIpc) is 2.67. The van der Waals surface area contributed by atoms with Gasteiger partial charge in [0.15, 0.2) is 0 Å².